The van der Waals surface area contributed by atoms with Crippen molar-refractivity contribution >= 4 is 11.6 Å². The first-order valence-corrected chi connectivity index (χ1v) is 6.87. The van der Waals surface area contributed by atoms with Gasteiger partial charge in [-0.05, 0) is 30.3 Å². The van der Waals surface area contributed by atoms with E-state index in [1.165, 1.54) is 6.07 Å². The number of benzene rings is 1. The second-order valence-electron chi connectivity index (χ2n) is 4.38. The Morgan fingerprint density at radius 2 is 1.59 bits per heavy atom. The van der Waals surface area contributed by atoms with Gasteiger partial charge in [-0.2, -0.15) is 13.2 Å². The molecule has 0 aliphatic heterocycles. The molecule has 0 radical (unpaired) electrons. The zero-order valence-corrected chi connectivity index (χ0v) is 12.2. The molecule has 0 amide bonds. The van der Waals surface area contributed by atoms with E-state index >= 15 is 0 Å². The number of aromatic nitrogens is 1. The third-order valence-electron chi connectivity index (χ3n) is 2.66. The van der Waals surface area contributed by atoms with Crippen molar-refractivity contribution in [3.63, 3.8) is 0 Å². The van der Waals surface area contributed by atoms with Crippen LogP contribution in [0.5, 0.6) is 11.5 Å². The molecule has 0 N–H and O–H groups in total. The van der Waals surface area contributed by atoms with E-state index in [4.69, 9.17) is 21.1 Å². The SMILES string of the molecule is FC(F)(F)c1cc(OCCCOc2ccc(Cl)cc2)ccn1. The van der Waals surface area contributed by atoms with E-state index < -0.39 is 11.9 Å². The summed E-state index contributed by atoms with van der Waals surface area (Å²) in [6, 6.07) is 9.16. The van der Waals surface area contributed by atoms with Crippen LogP contribution in [0.2, 0.25) is 5.02 Å². The van der Waals surface area contributed by atoms with Gasteiger partial charge in [0.25, 0.3) is 0 Å². The standard InChI is InChI=1S/C15H13ClF3NO2/c16-11-2-4-12(5-3-11)21-8-1-9-22-13-6-7-20-14(10-13)15(17,18)19/h2-7,10H,1,8-9H2. The van der Waals surface area contributed by atoms with Crippen LogP contribution >= 0.6 is 11.6 Å². The number of hydrogen-bond donors (Lipinski definition) is 0. The van der Waals surface area contributed by atoms with Crippen molar-refractivity contribution in [2.45, 2.75) is 12.6 Å². The average Bonchev–Trinajstić information content (AvgIpc) is 2.48. The predicted octanol–water partition coefficient (Wildman–Crippen LogP) is 4.60. The van der Waals surface area contributed by atoms with E-state index in [1.54, 1.807) is 24.3 Å². The monoisotopic (exact) mass is 331 g/mol. The van der Waals surface area contributed by atoms with Gasteiger partial charge in [0.2, 0.25) is 0 Å². The summed E-state index contributed by atoms with van der Waals surface area (Å²) in [5.74, 6) is 0.807. The first-order chi connectivity index (χ1) is 10.4. The third-order valence-corrected chi connectivity index (χ3v) is 2.91. The summed E-state index contributed by atoms with van der Waals surface area (Å²) in [4.78, 5) is 3.26. The number of pyridine rings is 1. The Morgan fingerprint density at radius 3 is 2.23 bits per heavy atom. The van der Waals surface area contributed by atoms with Crippen molar-refractivity contribution in [1.82, 2.24) is 4.98 Å². The van der Waals surface area contributed by atoms with E-state index in [2.05, 4.69) is 4.98 Å². The number of nitrogens with zero attached hydrogens (tertiary/aromatic N) is 1. The van der Waals surface area contributed by atoms with Crippen LogP contribution in [0.3, 0.4) is 0 Å². The number of hydrogen-bond acceptors (Lipinski definition) is 3. The lowest BCUT2D eigenvalue weighted by Gasteiger charge is -2.10. The molecule has 2 rings (SSSR count). The molecular formula is C15H13ClF3NO2. The van der Waals surface area contributed by atoms with Crippen LogP contribution in [-0.2, 0) is 6.18 Å². The van der Waals surface area contributed by atoms with Gasteiger partial charge in [0.05, 0.1) is 13.2 Å². The van der Waals surface area contributed by atoms with E-state index in [0.717, 1.165) is 12.3 Å². The normalized spacial score (nSPS) is 11.3. The van der Waals surface area contributed by atoms with Crippen molar-refractivity contribution in [2.75, 3.05) is 13.2 Å². The number of rotatable bonds is 6. The number of halogens is 4. The van der Waals surface area contributed by atoms with Crippen LogP contribution in [0.15, 0.2) is 42.6 Å². The van der Waals surface area contributed by atoms with Crippen LogP contribution in [0, 0.1) is 0 Å². The fourth-order valence-electron chi connectivity index (χ4n) is 1.63. The largest absolute Gasteiger partial charge is 0.493 e. The van der Waals surface area contributed by atoms with E-state index in [0.29, 0.717) is 23.8 Å². The quantitative estimate of drug-likeness (QED) is 0.725. The molecule has 1 aromatic heterocycles. The van der Waals surface area contributed by atoms with Gasteiger partial charge in [-0.3, -0.25) is 4.98 Å². The summed E-state index contributed by atoms with van der Waals surface area (Å²) in [6.45, 7) is 0.633. The lowest BCUT2D eigenvalue weighted by Crippen LogP contribution is -2.09. The molecule has 1 heterocycles. The first-order valence-electron chi connectivity index (χ1n) is 6.49. The molecule has 118 valence electrons. The van der Waals surface area contributed by atoms with Gasteiger partial charge in [0.15, 0.2) is 0 Å². The smallest absolute Gasteiger partial charge is 0.433 e. The van der Waals surface area contributed by atoms with Crippen molar-refractivity contribution in [3.8, 4) is 11.5 Å². The van der Waals surface area contributed by atoms with Gasteiger partial charge in [-0.1, -0.05) is 11.6 Å². The van der Waals surface area contributed by atoms with E-state index in [9.17, 15) is 13.2 Å². The number of alkyl halides is 3. The Labute approximate surface area is 130 Å². The van der Waals surface area contributed by atoms with Crippen molar-refractivity contribution < 1.29 is 22.6 Å². The van der Waals surface area contributed by atoms with E-state index in [-0.39, 0.29) is 12.4 Å². The van der Waals surface area contributed by atoms with Gasteiger partial charge < -0.3 is 9.47 Å². The molecule has 0 saturated carbocycles. The highest BCUT2D eigenvalue weighted by Gasteiger charge is 2.32. The summed E-state index contributed by atoms with van der Waals surface area (Å²) in [5, 5.41) is 0.619. The molecule has 0 unspecified atom stereocenters. The fourth-order valence-corrected chi connectivity index (χ4v) is 1.75. The zero-order chi connectivity index (χ0) is 16.0. The molecule has 7 heteroatoms. The minimum absolute atomic E-state index is 0.133. The summed E-state index contributed by atoms with van der Waals surface area (Å²) in [6.07, 6.45) is -2.87. The maximum Gasteiger partial charge on any atom is 0.433 e. The highest BCUT2D eigenvalue weighted by Crippen LogP contribution is 2.29. The summed E-state index contributed by atoms with van der Waals surface area (Å²) in [7, 11) is 0. The van der Waals surface area contributed by atoms with Crippen molar-refractivity contribution in [1.29, 1.82) is 0 Å². The topological polar surface area (TPSA) is 31.4 Å². The van der Waals surface area contributed by atoms with Crippen LogP contribution < -0.4 is 9.47 Å². The van der Waals surface area contributed by atoms with Crippen molar-refractivity contribution in [2.24, 2.45) is 0 Å². The lowest BCUT2D eigenvalue weighted by molar-refractivity contribution is -0.141. The Morgan fingerprint density at radius 1 is 0.955 bits per heavy atom. The Bertz CT molecular complexity index is 602. The minimum Gasteiger partial charge on any atom is -0.493 e. The summed E-state index contributed by atoms with van der Waals surface area (Å²) in [5.41, 5.74) is -0.970. The fraction of sp³-hybridized carbons (Fsp3) is 0.267. The predicted molar refractivity (Wildman–Crippen MR) is 76.3 cm³/mol. The Balaban J connectivity index is 1.74. The zero-order valence-electron chi connectivity index (χ0n) is 11.4. The van der Waals surface area contributed by atoms with Crippen molar-refractivity contribution in [3.05, 3.63) is 53.3 Å². The number of ether oxygens (including phenoxy) is 2. The maximum absolute atomic E-state index is 12.5. The third kappa shape index (κ3) is 5.11. The molecule has 0 atom stereocenters. The second kappa shape index (κ2) is 7.35. The average molecular weight is 332 g/mol. The minimum atomic E-state index is -4.48. The summed E-state index contributed by atoms with van der Waals surface area (Å²) >= 11 is 5.75. The molecule has 22 heavy (non-hydrogen) atoms. The molecule has 1 aromatic carbocycles. The van der Waals surface area contributed by atoms with E-state index in [1.807, 2.05) is 0 Å². The lowest BCUT2D eigenvalue weighted by atomic mass is 10.3. The molecule has 0 fully saturated rings. The highest BCUT2D eigenvalue weighted by molar-refractivity contribution is 6.30. The Kier molecular flexibility index (Phi) is 5.49. The second-order valence-corrected chi connectivity index (χ2v) is 4.82. The molecule has 0 aliphatic rings. The molecular weight excluding hydrogens is 319 g/mol. The first kappa shape index (κ1) is 16.4. The molecule has 0 bridgehead atoms. The molecule has 0 aliphatic carbocycles. The van der Waals surface area contributed by atoms with Crippen LogP contribution in [0.25, 0.3) is 0 Å². The summed E-state index contributed by atoms with van der Waals surface area (Å²) < 4.78 is 48.1. The van der Waals surface area contributed by atoms with Gasteiger partial charge in [0.1, 0.15) is 17.2 Å². The van der Waals surface area contributed by atoms with Gasteiger partial charge in [-0.25, -0.2) is 0 Å². The van der Waals surface area contributed by atoms with Gasteiger partial charge in [0, 0.05) is 23.7 Å². The van der Waals surface area contributed by atoms with Crippen LogP contribution in [0.4, 0.5) is 13.2 Å². The van der Waals surface area contributed by atoms with Crippen LogP contribution in [-0.4, -0.2) is 18.2 Å². The molecule has 0 spiro atoms. The maximum atomic E-state index is 12.5. The van der Waals surface area contributed by atoms with Gasteiger partial charge in [-0.15, -0.1) is 0 Å². The van der Waals surface area contributed by atoms with Crippen LogP contribution in [0.1, 0.15) is 12.1 Å². The molecule has 2 aromatic rings. The molecule has 3 nitrogen and oxygen atoms in total. The van der Waals surface area contributed by atoms with Gasteiger partial charge >= 0.3 is 6.18 Å². The Hall–Kier alpha value is -1.95. The highest BCUT2D eigenvalue weighted by atomic mass is 35.5. The molecule has 0 saturated heterocycles.